The molecule has 0 aliphatic carbocycles. The number of allylic oxidation sites excluding steroid dienone is 1. The third-order valence-electron chi connectivity index (χ3n) is 6.04. The lowest BCUT2D eigenvalue weighted by Crippen LogP contribution is -2.37. The summed E-state index contributed by atoms with van der Waals surface area (Å²) in [6.07, 6.45) is 6.60. The summed E-state index contributed by atoms with van der Waals surface area (Å²) in [6, 6.07) is 13.3. The first-order chi connectivity index (χ1) is 13.5. The van der Waals surface area contributed by atoms with Gasteiger partial charge in [-0.05, 0) is 67.7 Å². The maximum atomic E-state index is 6.13. The van der Waals surface area contributed by atoms with Crippen molar-refractivity contribution in [2.24, 2.45) is 0 Å². The fourth-order valence-corrected chi connectivity index (χ4v) is 4.56. The molecule has 0 radical (unpaired) electrons. The van der Waals surface area contributed by atoms with Gasteiger partial charge in [-0.2, -0.15) is 0 Å². The molecule has 3 aliphatic rings. The monoisotopic (exact) mass is 371 g/mol. The SMILES string of the molecule is CC1=CC(C)O/C(=C2\CN3c4ccccc4C=CC3c3c2ccc(C)c3C)O1. The molecule has 5 rings (SSSR count). The van der Waals surface area contributed by atoms with Crippen molar-refractivity contribution in [3.63, 3.8) is 0 Å². The Morgan fingerprint density at radius 2 is 1.86 bits per heavy atom. The van der Waals surface area contributed by atoms with E-state index in [1.807, 2.05) is 13.0 Å². The molecule has 0 spiro atoms. The van der Waals surface area contributed by atoms with Gasteiger partial charge in [0.05, 0.1) is 18.2 Å². The van der Waals surface area contributed by atoms with Crippen molar-refractivity contribution in [1.82, 2.24) is 0 Å². The van der Waals surface area contributed by atoms with Crippen LogP contribution in [0, 0.1) is 13.8 Å². The average Bonchev–Trinajstić information content (AvgIpc) is 2.68. The lowest BCUT2D eigenvalue weighted by atomic mass is 9.82. The largest absolute Gasteiger partial charge is 0.457 e. The Balaban J connectivity index is 1.75. The molecule has 2 atom stereocenters. The summed E-state index contributed by atoms with van der Waals surface area (Å²) in [4.78, 5) is 2.47. The third kappa shape index (κ3) is 2.57. The number of ether oxygens (including phenoxy) is 2. The third-order valence-corrected chi connectivity index (χ3v) is 6.04. The van der Waals surface area contributed by atoms with Gasteiger partial charge in [-0.15, -0.1) is 0 Å². The molecule has 3 aliphatic heterocycles. The van der Waals surface area contributed by atoms with E-state index in [0.29, 0.717) is 5.95 Å². The topological polar surface area (TPSA) is 21.7 Å². The zero-order valence-corrected chi connectivity index (χ0v) is 16.8. The minimum atomic E-state index is 0.0116. The molecular formula is C25H25NO2. The van der Waals surface area contributed by atoms with Crippen LogP contribution in [0.2, 0.25) is 0 Å². The minimum Gasteiger partial charge on any atom is -0.457 e. The van der Waals surface area contributed by atoms with Gasteiger partial charge in [-0.25, -0.2) is 0 Å². The van der Waals surface area contributed by atoms with Gasteiger partial charge in [-0.3, -0.25) is 0 Å². The fourth-order valence-electron chi connectivity index (χ4n) is 4.56. The Hall–Kier alpha value is -2.94. The normalized spacial score (nSPS) is 25.1. The van der Waals surface area contributed by atoms with E-state index >= 15 is 0 Å². The van der Waals surface area contributed by atoms with Crippen LogP contribution in [0.5, 0.6) is 0 Å². The molecule has 142 valence electrons. The van der Waals surface area contributed by atoms with E-state index in [1.54, 1.807) is 0 Å². The maximum absolute atomic E-state index is 6.13. The smallest absolute Gasteiger partial charge is 0.290 e. The fraction of sp³-hybridized carbons (Fsp3) is 0.280. The van der Waals surface area contributed by atoms with Gasteiger partial charge in [0.15, 0.2) is 0 Å². The van der Waals surface area contributed by atoms with Crippen LogP contribution in [-0.4, -0.2) is 12.6 Å². The maximum Gasteiger partial charge on any atom is 0.290 e. The van der Waals surface area contributed by atoms with Crippen molar-refractivity contribution in [3.8, 4) is 0 Å². The summed E-state index contributed by atoms with van der Waals surface area (Å²) < 4.78 is 12.2. The molecule has 2 unspecified atom stereocenters. The van der Waals surface area contributed by atoms with Gasteiger partial charge < -0.3 is 14.4 Å². The highest BCUT2D eigenvalue weighted by atomic mass is 16.7. The first kappa shape index (κ1) is 17.2. The van der Waals surface area contributed by atoms with E-state index in [-0.39, 0.29) is 12.1 Å². The van der Waals surface area contributed by atoms with Gasteiger partial charge in [0.1, 0.15) is 11.9 Å². The zero-order valence-electron chi connectivity index (χ0n) is 16.8. The van der Waals surface area contributed by atoms with Crippen molar-refractivity contribution in [2.45, 2.75) is 39.8 Å². The molecule has 3 heteroatoms. The summed E-state index contributed by atoms with van der Waals surface area (Å²) in [7, 11) is 0. The quantitative estimate of drug-likeness (QED) is 0.575. The summed E-state index contributed by atoms with van der Waals surface area (Å²) in [6.45, 7) is 9.22. The van der Waals surface area contributed by atoms with Crippen LogP contribution >= 0.6 is 0 Å². The molecular weight excluding hydrogens is 346 g/mol. The zero-order chi connectivity index (χ0) is 19.4. The van der Waals surface area contributed by atoms with Crippen LogP contribution < -0.4 is 4.90 Å². The van der Waals surface area contributed by atoms with Crippen LogP contribution in [0.1, 0.15) is 47.7 Å². The molecule has 2 aromatic rings. The van der Waals surface area contributed by atoms with Crippen molar-refractivity contribution in [3.05, 3.63) is 88.1 Å². The molecule has 0 saturated heterocycles. The van der Waals surface area contributed by atoms with E-state index < -0.39 is 0 Å². The Morgan fingerprint density at radius 3 is 2.68 bits per heavy atom. The second-order valence-electron chi connectivity index (χ2n) is 7.93. The van der Waals surface area contributed by atoms with E-state index in [2.05, 4.69) is 74.2 Å². The highest BCUT2D eigenvalue weighted by Gasteiger charge is 2.36. The Kier molecular flexibility index (Phi) is 3.87. The lowest BCUT2D eigenvalue weighted by Gasteiger charge is -2.43. The predicted octanol–water partition coefficient (Wildman–Crippen LogP) is 5.90. The number of aryl methyl sites for hydroxylation is 1. The molecule has 0 N–H and O–H groups in total. The second-order valence-corrected chi connectivity index (χ2v) is 7.93. The van der Waals surface area contributed by atoms with Crippen LogP contribution in [0.4, 0.5) is 5.69 Å². The molecule has 0 bridgehead atoms. The van der Waals surface area contributed by atoms with Crippen molar-refractivity contribution >= 4 is 17.3 Å². The Bertz CT molecular complexity index is 1060. The van der Waals surface area contributed by atoms with Crippen LogP contribution in [0.3, 0.4) is 0 Å². The number of nitrogens with zero attached hydrogens (tertiary/aromatic N) is 1. The summed E-state index contributed by atoms with van der Waals surface area (Å²) in [5.74, 6) is 1.54. The second kappa shape index (κ2) is 6.30. The van der Waals surface area contributed by atoms with E-state index in [1.165, 1.54) is 33.5 Å². The van der Waals surface area contributed by atoms with Crippen molar-refractivity contribution < 1.29 is 9.47 Å². The first-order valence-electron chi connectivity index (χ1n) is 9.93. The highest BCUT2D eigenvalue weighted by Crippen LogP contribution is 2.46. The number of rotatable bonds is 0. The lowest BCUT2D eigenvalue weighted by molar-refractivity contribution is 0.0245. The van der Waals surface area contributed by atoms with E-state index in [9.17, 15) is 0 Å². The highest BCUT2D eigenvalue weighted by molar-refractivity contribution is 5.84. The van der Waals surface area contributed by atoms with E-state index in [4.69, 9.17) is 9.47 Å². The van der Waals surface area contributed by atoms with Gasteiger partial charge >= 0.3 is 0 Å². The van der Waals surface area contributed by atoms with Crippen LogP contribution in [0.15, 0.2) is 60.3 Å². The molecule has 2 aromatic carbocycles. The Labute approximate surface area is 166 Å². The molecule has 0 saturated carbocycles. The number of hydrogen-bond acceptors (Lipinski definition) is 3. The number of para-hydroxylation sites is 1. The predicted molar refractivity (Wildman–Crippen MR) is 114 cm³/mol. The van der Waals surface area contributed by atoms with Gasteiger partial charge in [-0.1, -0.05) is 42.5 Å². The van der Waals surface area contributed by atoms with Crippen molar-refractivity contribution in [2.75, 3.05) is 11.4 Å². The molecule has 0 fully saturated rings. The summed E-state index contributed by atoms with van der Waals surface area (Å²) in [5.41, 5.74) is 8.88. The summed E-state index contributed by atoms with van der Waals surface area (Å²) >= 11 is 0. The van der Waals surface area contributed by atoms with Crippen LogP contribution in [-0.2, 0) is 9.47 Å². The van der Waals surface area contributed by atoms with Gasteiger partial charge in [0, 0.05) is 5.69 Å². The average molecular weight is 371 g/mol. The number of hydrogen-bond donors (Lipinski definition) is 0. The standard InChI is InChI=1S/C25H25NO2/c1-15-9-11-20-21(25-27-16(2)13-17(3)28-25)14-26-22-8-6-5-7-19(22)10-12-23(26)24(20)18(15)4/h5-13,16,23H,14H2,1-4H3/b25-21-. The van der Waals surface area contributed by atoms with Crippen LogP contribution in [0.25, 0.3) is 11.6 Å². The van der Waals surface area contributed by atoms with E-state index in [0.717, 1.165) is 17.9 Å². The van der Waals surface area contributed by atoms with Gasteiger partial charge in [0.25, 0.3) is 5.95 Å². The van der Waals surface area contributed by atoms with Crippen molar-refractivity contribution in [1.29, 1.82) is 0 Å². The number of fused-ring (bicyclic) bond motifs is 5. The van der Waals surface area contributed by atoms with Gasteiger partial charge in [0.2, 0.25) is 0 Å². The molecule has 3 nitrogen and oxygen atoms in total. The Morgan fingerprint density at radius 1 is 1.04 bits per heavy atom. The molecule has 3 heterocycles. The number of benzene rings is 2. The molecule has 28 heavy (non-hydrogen) atoms. The minimum absolute atomic E-state index is 0.0116. The first-order valence-corrected chi connectivity index (χ1v) is 9.93. The molecule has 0 amide bonds. The molecule has 0 aromatic heterocycles. The number of anilines is 1. The summed E-state index contributed by atoms with van der Waals surface area (Å²) in [5, 5.41) is 0.